The van der Waals surface area contributed by atoms with Crippen molar-refractivity contribution in [2.45, 2.75) is 44.0 Å². The smallest absolute Gasteiger partial charge is 0.254 e. The minimum Gasteiger partial charge on any atom is -0.336 e. The van der Waals surface area contributed by atoms with Gasteiger partial charge < -0.3 is 4.90 Å². The zero-order valence-electron chi connectivity index (χ0n) is 11.3. The number of carbonyl (C=O) groups is 1. The molecule has 4 heteroatoms. The molecular formula is C15H19BrFNO. The molecule has 0 bridgehead atoms. The quantitative estimate of drug-likeness (QED) is 0.771. The van der Waals surface area contributed by atoms with Gasteiger partial charge in [-0.15, -0.1) is 0 Å². The Morgan fingerprint density at radius 3 is 2.95 bits per heavy atom. The van der Waals surface area contributed by atoms with Gasteiger partial charge in [0.25, 0.3) is 5.91 Å². The van der Waals surface area contributed by atoms with Crippen LogP contribution < -0.4 is 0 Å². The van der Waals surface area contributed by atoms with Crippen LogP contribution in [0.1, 0.15) is 42.1 Å². The van der Waals surface area contributed by atoms with Crippen molar-refractivity contribution in [3.8, 4) is 0 Å². The van der Waals surface area contributed by atoms with E-state index in [0.717, 1.165) is 25.8 Å². The van der Waals surface area contributed by atoms with Gasteiger partial charge in [0.1, 0.15) is 5.82 Å². The van der Waals surface area contributed by atoms with Gasteiger partial charge in [-0.05, 0) is 49.9 Å². The molecule has 0 saturated carbocycles. The predicted octanol–water partition coefficient (Wildman–Crippen LogP) is 3.91. The average molecular weight is 328 g/mol. The molecule has 2 atom stereocenters. The molecule has 0 spiro atoms. The summed E-state index contributed by atoms with van der Waals surface area (Å²) in [4.78, 5) is 14.9. The fourth-order valence-electron chi connectivity index (χ4n) is 2.74. The van der Waals surface area contributed by atoms with Gasteiger partial charge in [0.05, 0.1) is 0 Å². The summed E-state index contributed by atoms with van der Waals surface area (Å²) in [5, 5.41) is 0. The van der Waals surface area contributed by atoms with Crippen LogP contribution in [-0.4, -0.2) is 28.2 Å². The van der Waals surface area contributed by atoms with Crippen molar-refractivity contribution in [2.75, 3.05) is 6.54 Å². The fraction of sp³-hybridized carbons (Fsp3) is 0.533. The fourth-order valence-corrected chi connectivity index (χ4v) is 3.18. The Morgan fingerprint density at radius 2 is 2.32 bits per heavy atom. The molecule has 0 radical (unpaired) electrons. The second-order valence-electron chi connectivity index (χ2n) is 5.27. The van der Waals surface area contributed by atoms with Crippen molar-refractivity contribution in [3.05, 3.63) is 35.1 Å². The maximum atomic E-state index is 13.1. The molecule has 1 fully saturated rings. The zero-order chi connectivity index (χ0) is 14.0. The Kier molecular flexibility index (Phi) is 4.61. The van der Waals surface area contributed by atoms with Crippen LogP contribution in [0.4, 0.5) is 4.39 Å². The summed E-state index contributed by atoms with van der Waals surface area (Å²) in [6.07, 6.45) is 3.07. The molecule has 19 heavy (non-hydrogen) atoms. The van der Waals surface area contributed by atoms with E-state index in [0.29, 0.717) is 22.0 Å². The molecule has 0 N–H and O–H groups in total. The largest absolute Gasteiger partial charge is 0.336 e. The number of rotatable bonds is 3. The molecule has 1 aliphatic heterocycles. The second kappa shape index (κ2) is 6.04. The molecular weight excluding hydrogens is 309 g/mol. The predicted molar refractivity (Wildman–Crippen MR) is 78.2 cm³/mol. The minimum absolute atomic E-state index is 0.0353. The number of halogens is 2. The van der Waals surface area contributed by atoms with Crippen molar-refractivity contribution in [2.24, 2.45) is 0 Å². The van der Waals surface area contributed by atoms with Gasteiger partial charge in [-0.25, -0.2) is 4.39 Å². The Labute approximate surface area is 122 Å². The van der Waals surface area contributed by atoms with Gasteiger partial charge in [-0.2, -0.15) is 0 Å². The van der Waals surface area contributed by atoms with Crippen LogP contribution in [0.15, 0.2) is 18.2 Å². The van der Waals surface area contributed by atoms with E-state index >= 15 is 0 Å². The van der Waals surface area contributed by atoms with E-state index in [1.165, 1.54) is 12.1 Å². The van der Waals surface area contributed by atoms with Crippen molar-refractivity contribution < 1.29 is 9.18 Å². The summed E-state index contributed by atoms with van der Waals surface area (Å²) in [7, 11) is 0. The topological polar surface area (TPSA) is 20.3 Å². The monoisotopic (exact) mass is 327 g/mol. The minimum atomic E-state index is -0.291. The van der Waals surface area contributed by atoms with Gasteiger partial charge >= 0.3 is 0 Å². The van der Waals surface area contributed by atoms with Crippen LogP contribution >= 0.6 is 15.9 Å². The highest BCUT2D eigenvalue weighted by Crippen LogP contribution is 2.26. The molecule has 1 aromatic rings. The standard InChI is InChI=1S/C15H19BrFNO/c1-10-8-12(17)5-6-14(10)15(19)18-7-3-4-13(18)9-11(2)16/h5-6,8,11,13H,3-4,7,9H2,1-2H3. The molecule has 2 nitrogen and oxygen atoms in total. The molecule has 2 rings (SSSR count). The number of carbonyl (C=O) groups excluding carboxylic acids is 1. The highest BCUT2D eigenvalue weighted by atomic mass is 79.9. The number of aryl methyl sites for hydroxylation is 1. The van der Waals surface area contributed by atoms with Crippen LogP contribution in [0.5, 0.6) is 0 Å². The molecule has 1 heterocycles. The molecule has 2 unspecified atom stereocenters. The summed E-state index contributed by atoms with van der Waals surface area (Å²) in [5.74, 6) is -0.255. The van der Waals surface area contributed by atoms with Crippen molar-refractivity contribution in [3.63, 3.8) is 0 Å². The summed E-state index contributed by atoms with van der Waals surface area (Å²) >= 11 is 3.55. The summed E-state index contributed by atoms with van der Waals surface area (Å²) in [5.41, 5.74) is 1.33. The lowest BCUT2D eigenvalue weighted by Crippen LogP contribution is -2.37. The summed E-state index contributed by atoms with van der Waals surface area (Å²) in [6.45, 7) is 4.69. The highest BCUT2D eigenvalue weighted by Gasteiger charge is 2.30. The first kappa shape index (κ1) is 14.5. The van der Waals surface area contributed by atoms with Crippen LogP contribution in [0, 0.1) is 12.7 Å². The SMILES string of the molecule is Cc1cc(F)ccc1C(=O)N1CCCC1CC(C)Br. The van der Waals surface area contributed by atoms with Gasteiger partial charge in [0.2, 0.25) is 0 Å². The molecule has 1 aromatic carbocycles. The number of nitrogens with zero attached hydrogens (tertiary/aromatic N) is 1. The van der Waals surface area contributed by atoms with Crippen molar-refractivity contribution >= 4 is 21.8 Å². The van der Waals surface area contributed by atoms with E-state index in [4.69, 9.17) is 0 Å². The molecule has 104 valence electrons. The number of likely N-dealkylation sites (tertiary alicyclic amines) is 1. The lowest BCUT2D eigenvalue weighted by Gasteiger charge is -2.26. The van der Waals surface area contributed by atoms with E-state index in [1.54, 1.807) is 13.0 Å². The van der Waals surface area contributed by atoms with E-state index in [1.807, 2.05) is 4.90 Å². The molecule has 1 aliphatic rings. The van der Waals surface area contributed by atoms with Crippen molar-refractivity contribution in [1.82, 2.24) is 4.90 Å². The number of benzene rings is 1. The molecule has 1 amide bonds. The van der Waals surface area contributed by atoms with Crippen LogP contribution in [-0.2, 0) is 0 Å². The van der Waals surface area contributed by atoms with Crippen LogP contribution in [0.2, 0.25) is 0 Å². The third kappa shape index (κ3) is 3.35. The van der Waals surface area contributed by atoms with E-state index in [-0.39, 0.29) is 11.7 Å². The third-order valence-electron chi connectivity index (χ3n) is 3.65. The molecule has 0 aliphatic carbocycles. The van der Waals surface area contributed by atoms with E-state index < -0.39 is 0 Å². The average Bonchev–Trinajstić information content (AvgIpc) is 2.75. The lowest BCUT2D eigenvalue weighted by atomic mass is 10.1. The third-order valence-corrected chi connectivity index (χ3v) is 4.03. The Balaban J connectivity index is 2.18. The van der Waals surface area contributed by atoms with Gasteiger partial charge in [-0.1, -0.05) is 22.9 Å². The number of amides is 1. The Hall–Kier alpha value is -0.900. The molecule has 0 aromatic heterocycles. The summed E-state index contributed by atoms with van der Waals surface area (Å²) in [6, 6.07) is 4.68. The van der Waals surface area contributed by atoms with Crippen molar-refractivity contribution in [1.29, 1.82) is 0 Å². The highest BCUT2D eigenvalue weighted by molar-refractivity contribution is 9.09. The summed E-state index contributed by atoms with van der Waals surface area (Å²) < 4.78 is 13.1. The first-order valence-corrected chi connectivity index (χ1v) is 7.62. The van der Waals surface area contributed by atoms with Gasteiger partial charge in [0, 0.05) is 23.0 Å². The van der Waals surface area contributed by atoms with E-state index in [9.17, 15) is 9.18 Å². The maximum absolute atomic E-state index is 13.1. The number of hydrogen-bond acceptors (Lipinski definition) is 1. The Morgan fingerprint density at radius 1 is 1.58 bits per heavy atom. The normalized spacial score (nSPS) is 20.6. The number of alkyl halides is 1. The number of hydrogen-bond donors (Lipinski definition) is 0. The first-order valence-electron chi connectivity index (χ1n) is 6.70. The molecule has 1 saturated heterocycles. The van der Waals surface area contributed by atoms with Crippen LogP contribution in [0.3, 0.4) is 0 Å². The van der Waals surface area contributed by atoms with Gasteiger partial charge in [0.15, 0.2) is 0 Å². The first-order chi connectivity index (χ1) is 8.99. The van der Waals surface area contributed by atoms with Crippen LogP contribution in [0.25, 0.3) is 0 Å². The second-order valence-corrected chi connectivity index (χ2v) is 6.83. The lowest BCUT2D eigenvalue weighted by molar-refractivity contribution is 0.0730. The maximum Gasteiger partial charge on any atom is 0.254 e. The zero-order valence-corrected chi connectivity index (χ0v) is 12.9. The van der Waals surface area contributed by atoms with E-state index in [2.05, 4.69) is 22.9 Å². The Bertz CT molecular complexity index is 475. The van der Waals surface area contributed by atoms with Gasteiger partial charge in [-0.3, -0.25) is 4.79 Å².